The Morgan fingerprint density at radius 2 is 1.76 bits per heavy atom. The number of fused-ring (bicyclic) bond motifs is 3. The van der Waals surface area contributed by atoms with Gasteiger partial charge in [0, 0.05) is 67.3 Å². The lowest BCUT2D eigenvalue weighted by molar-refractivity contribution is -0.137. The third kappa shape index (κ3) is 8.15. The molecule has 2 unspecified atom stereocenters. The molecule has 11 nitrogen and oxygen atoms in total. The molecular weight excluding hydrogens is 775 g/mol. The van der Waals surface area contributed by atoms with Gasteiger partial charge in [-0.15, -0.1) is 0 Å². The molecule has 5 heterocycles. The summed E-state index contributed by atoms with van der Waals surface area (Å²) in [6.07, 6.45) is 3.33. The minimum absolute atomic E-state index is 0.00177. The maximum atomic E-state index is 14.9. The van der Waals surface area contributed by atoms with Crippen LogP contribution in [0.5, 0.6) is 0 Å². The van der Waals surface area contributed by atoms with Gasteiger partial charge in [-0.1, -0.05) is 13.0 Å². The monoisotopic (exact) mass is 820 g/mol. The molecule has 2 fully saturated rings. The number of carbonyl (C=O) groups excluding carboxylic acids is 3. The van der Waals surface area contributed by atoms with Gasteiger partial charge < -0.3 is 35.7 Å². The fourth-order valence-electron chi connectivity index (χ4n) is 8.40. The van der Waals surface area contributed by atoms with Crippen molar-refractivity contribution < 1.29 is 45.5 Å². The average molecular weight is 821 g/mol. The van der Waals surface area contributed by atoms with E-state index in [1.54, 1.807) is 37.3 Å². The highest BCUT2D eigenvalue weighted by molar-refractivity contribution is 6.05. The second-order valence-corrected chi connectivity index (χ2v) is 15.6. The molecule has 0 radical (unpaired) electrons. The minimum Gasteiger partial charge on any atom is -0.453 e. The first kappa shape index (κ1) is 41.4. The molecular formula is C43H45F5N6O5. The van der Waals surface area contributed by atoms with E-state index in [0.717, 1.165) is 69.1 Å². The van der Waals surface area contributed by atoms with Crippen molar-refractivity contribution in [1.82, 2.24) is 15.1 Å². The van der Waals surface area contributed by atoms with Crippen molar-refractivity contribution in [2.24, 2.45) is 11.1 Å². The number of amides is 3. The van der Waals surface area contributed by atoms with E-state index in [-0.39, 0.29) is 47.4 Å². The van der Waals surface area contributed by atoms with Crippen LogP contribution in [0.2, 0.25) is 0 Å². The van der Waals surface area contributed by atoms with Crippen LogP contribution >= 0.6 is 0 Å². The topological polar surface area (TPSA) is 142 Å². The predicted octanol–water partition coefficient (Wildman–Crippen LogP) is 7.52. The number of nitrogens with zero attached hydrogens (tertiary/aromatic N) is 2. The molecule has 2 atom stereocenters. The van der Waals surface area contributed by atoms with Gasteiger partial charge in [-0.25, -0.2) is 8.78 Å². The number of allylic oxidation sites excluding steroid dienone is 4. The fourth-order valence-corrected chi connectivity index (χ4v) is 8.40. The number of alkyl halides is 3. The lowest BCUT2D eigenvalue weighted by Gasteiger charge is -2.55. The lowest BCUT2D eigenvalue weighted by atomic mass is 9.72. The van der Waals surface area contributed by atoms with Crippen LogP contribution in [0.1, 0.15) is 77.8 Å². The van der Waals surface area contributed by atoms with Gasteiger partial charge in [-0.3, -0.25) is 19.3 Å². The normalized spacial score (nSPS) is 21.2. The van der Waals surface area contributed by atoms with Crippen LogP contribution in [0.15, 0.2) is 100 Å². The predicted molar refractivity (Wildman–Crippen MR) is 210 cm³/mol. The summed E-state index contributed by atoms with van der Waals surface area (Å²) in [6, 6.07) is 9.80. The van der Waals surface area contributed by atoms with Gasteiger partial charge in [-0.05, 0) is 111 Å². The quantitative estimate of drug-likeness (QED) is 0.0988. The summed E-state index contributed by atoms with van der Waals surface area (Å²) < 4.78 is 81.8. The first-order chi connectivity index (χ1) is 28.1. The van der Waals surface area contributed by atoms with E-state index in [9.17, 15) is 36.3 Å². The summed E-state index contributed by atoms with van der Waals surface area (Å²) in [5, 5.41) is 7.88. The number of ether oxygens (including phenoxy) is 1. The van der Waals surface area contributed by atoms with Crippen molar-refractivity contribution in [3.05, 3.63) is 130 Å². The molecule has 4 aliphatic heterocycles. The molecule has 4 aliphatic rings. The van der Waals surface area contributed by atoms with Crippen LogP contribution in [-0.2, 0) is 27.7 Å². The Morgan fingerprint density at radius 1 is 1.05 bits per heavy atom. The summed E-state index contributed by atoms with van der Waals surface area (Å²) in [5.74, 6) is -4.21. The molecule has 5 N–H and O–H groups in total. The van der Waals surface area contributed by atoms with Gasteiger partial charge in [-0.2, -0.15) is 13.2 Å². The standard InChI is InChI=1S/C43H45F5N6O5/c1-4-33(53-23-42(24-53)13-16-58-17-14-42)30(18-25(2)21-49)38(55)51-29-10-8-26(9-11-29)40(57)54-15-12-27-19-34(59-37(27)41(3)35(54)20-28(44)22-50-41)39(56)52-36-31(43(46,47)48)6-5-7-32(36)45/h5-11,18-22,33,50H,4,12-17,23-24,49H2,1-3H3,(H,51,55)(H,52,56)/b25-21-,30-18+. The minimum atomic E-state index is -4.95. The summed E-state index contributed by atoms with van der Waals surface area (Å²) >= 11 is 0. The molecule has 7 rings (SSSR count). The number of hydrogen-bond acceptors (Lipinski definition) is 8. The third-order valence-electron chi connectivity index (χ3n) is 11.6. The number of benzene rings is 2. The van der Waals surface area contributed by atoms with Crippen molar-refractivity contribution in [2.75, 3.05) is 43.5 Å². The van der Waals surface area contributed by atoms with Crippen LogP contribution in [-0.4, -0.2) is 66.4 Å². The number of carbonyl (C=O) groups is 3. The van der Waals surface area contributed by atoms with E-state index in [2.05, 4.69) is 15.5 Å². The first-order valence-electron chi connectivity index (χ1n) is 19.4. The maximum Gasteiger partial charge on any atom is 0.418 e. The zero-order valence-electron chi connectivity index (χ0n) is 32.8. The summed E-state index contributed by atoms with van der Waals surface area (Å²) in [5.41, 5.74) is 4.72. The molecule has 0 bridgehead atoms. The number of para-hydroxylation sites is 1. The van der Waals surface area contributed by atoms with E-state index >= 15 is 0 Å². The van der Waals surface area contributed by atoms with Gasteiger partial charge in [0.1, 0.15) is 22.9 Å². The van der Waals surface area contributed by atoms with Crippen molar-refractivity contribution in [3.63, 3.8) is 0 Å². The number of dihydropyridines is 1. The Bertz CT molecular complexity index is 2270. The summed E-state index contributed by atoms with van der Waals surface area (Å²) in [4.78, 5) is 45.0. The van der Waals surface area contributed by atoms with Crippen LogP contribution in [0, 0.1) is 11.2 Å². The number of anilines is 2. The van der Waals surface area contributed by atoms with Crippen molar-refractivity contribution in [3.8, 4) is 0 Å². The molecule has 16 heteroatoms. The van der Waals surface area contributed by atoms with E-state index in [0.29, 0.717) is 29.3 Å². The van der Waals surface area contributed by atoms with Crippen LogP contribution < -0.4 is 21.7 Å². The number of halogens is 5. The summed E-state index contributed by atoms with van der Waals surface area (Å²) in [7, 11) is 0. The zero-order chi connectivity index (χ0) is 42.3. The molecule has 1 spiro atoms. The van der Waals surface area contributed by atoms with E-state index < -0.39 is 52.2 Å². The average Bonchev–Trinajstić information content (AvgIpc) is 3.60. The Labute approximate surface area is 337 Å². The molecule has 59 heavy (non-hydrogen) atoms. The van der Waals surface area contributed by atoms with Crippen LogP contribution in [0.4, 0.5) is 33.3 Å². The largest absolute Gasteiger partial charge is 0.453 e. The SMILES string of the molecule is CCC(/C(=C\C(C)=C/N)C(=O)Nc1ccc(C(=O)N2CCc3cc(C(=O)Nc4c(F)cccc4C(F)(F)F)oc3C3(C)NC=C(F)C=C23)cc1)N1CC2(CCOCC2)C1. The Kier molecular flexibility index (Phi) is 11.3. The Balaban J connectivity index is 1.08. The highest BCUT2D eigenvalue weighted by atomic mass is 19.4. The molecule has 312 valence electrons. The Morgan fingerprint density at radius 3 is 2.42 bits per heavy atom. The fraction of sp³-hybridized carbons (Fsp3) is 0.372. The second kappa shape index (κ2) is 16.1. The van der Waals surface area contributed by atoms with E-state index in [4.69, 9.17) is 14.9 Å². The van der Waals surface area contributed by atoms with E-state index in [1.807, 2.05) is 19.2 Å². The van der Waals surface area contributed by atoms with Gasteiger partial charge in [0.25, 0.3) is 17.7 Å². The number of furan rings is 1. The number of likely N-dealkylation sites (tertiary alicyclic amines) is 1. The lowest BCUT2D eigenvalue weighted by Crippen LogP contribution is -2.62. The van der Waals surface area contributed by atoms with E-state index in [1.165, 1.54) is 17.2 Å². The third-order valence-corrected chi connectivity index (χ3v) is 11.6. The van der Waals surface area contributed by atoms with Crippen LogP contribution in [0.25, 0.3) is 0 Å². The van der Waals surface area contributed by atoms with Crippen LogP contribution in [0.3, 0.4) is 0 Å². The molecule has 3 amide bonds. The second-order valence-electron chi connectivity index (χ2n) is 15.6. The molecule has 0 saturated carbocycles. The van der Waals surface area contributed by atoms with Gasteiger partial charge in [0.2, 0.25) is 0 Å². The number of nitrogens with two attached hydrogens (primary N) is 1. The Hall–Kier alpha value is -5.74. The van der Waals surface area contributed by atoms with Crippen molar-refractivity contribution in [2.45, 2.75) is 64.2 Å². The zero-order valence-corrected chi connectivity index (χ0v) is 32.8. The number of nitrogens with one attached hydrogen (secondary N) is 3. The van der Waals surface area contributed by atoms with Gasteiger partial charge >= 0.3 is 6.18 Å². The highest BCUT2D eigenvalue weighted by Crippen LogP contribution is 2.44. The molecule has 3 aromatic rings. The number of rotatable bonds is 9. The highest BCUT2D eigenvalue weighted by Gasteiger charge is 2.48. The van der Waals surface area contributed by atoms with Crippen molar-refractivity contribution in [1.29, 1.82) is 0 Å². The molecule has 0 aliphatic carbocycles. The molecule has 2 aromatic carbocycles. The molecule has 2 saturated heterocycles. The van der Waals surface area contributed by atoms with Gasteiger partial charge in [0.05, 0.1) is 16.9 Å². The summed E-state index contributed by atoms with van der Waals surface area (Å²) in [6.45, 7) is 8.71. The first-order valence-corrected chi connectivity index (χ1v) is 19.4. The molecule has 1 aromatic heterocycles. The van der Waals surface area contributed by atoms with Gasteiger partial charge in [0.15, 0.2) is 5.76 Å². The maximum absolute atomic E-state index is 14.9. The van der Waals surface area contributed by atoms with Crippen molar-refractivity contribution >= 4 is 29.1 Å². The number of hydrogen-bond donors (Lipinski definition) is 4. The smallest absolute Gasteiger partial charge is 0.418 e.